The van der Waals surface area contributed by atoms with Gasteiger partial charge in [0.1, 0.15) is 12.6 Å². The first-order valence-electron chi connectivity index (χ1n) is 11.8. The van der Waals surface area contributed by atoms with Crippen molar-refractivity contribution in [2.75, 3.05) is 6.61 Å². The molecule has 1 aliphatic carbocycles. The van der Waals surface area contributed by atoms with E-state index in [-0.39, 0.29) is 12.5 Å². The number of aryl methyl sites for hydroxylation is 1. The van der Waals surface area contributed by atoms with Gasteiger partial charge in [-0.3, -0.25) is 9.48 Å². The molecule has 33 heavy (non-hydrogen) atoms. The lowest BCUT2D eigenvalue weighted by Gasteiger charge is -2.20. The quantitative estimate of drug-likeness (QED) is 0.465. The van der Waals surface area contributed by atoms with Crippen LogP contribution in [0.15, 0.2) is 54.1 Å². The summed E-state index contributed by atoms with van der Waals surface area (Å²) in [5.74, 6) is -0.329. The van der Waals surface area contributed by atoms with Crippen molar-refractivity contribution in [3.05, 3.63) is 70.9 Å². The van der Waals surface area contributed by atoms with Gasteiger partial charge in [-0.15, -0.1) is 0 Å². The van der Waals surface area contributed by atoms with Crippen LogP contribution in [0.1, 0.15) is 68.4 Å². The second kappa shape index (κ2) is 8.85. The molecule has 5 rings (SSSR count). The van der Waals surface area contributed by atoms with Gasteiger partial charge >= 0.3 is 6.09 Å². The average molecular weight is 444 g/mol. The summed E-state index contributed by atoms with van der Waals surface area (Å²) in [6.45, 7) is 4.07. The first-order chi connectivity index (χ1) is 16.1. The van der Waals surface area contributed by atoms with Crippen molar-refractivity contribution in [1.29, 1.82) is 0 Å². The van der Waals surface area contributed by atoms with Crippen LogP contribution in [0.4, 0.5) is 4.79 Å². The number of benzene rings is 2. The molecule has 0 N–H and O–H groups in total. The molecule has 1 aromatic heterocycles. The molecule has 2 fully saturated rings. The Morgan fingerprint density at radius 3 is 2.64 bits per heavy atom. The molecular formula is C27H29N3O3. The van der Waals surface area contributed by atoms with Gasteiger partial charge in [-0.2, -0.15) is 5.10 Å². The van der Waals surface area contributed by atoms with Crippen molar-refractivity contribution in [1.82, 2.24) is 14.7 Å². The molecule has 1 unspecified atom stereocenters. The van der Waals surface area contributed by atoms with Gasteiger partial charge in [-0.1, -0.05) is 62.2 Å². The van der Waals surface area contributed by atoms with E-state index in [0.29, 0.717) is 11.6 Å². The van der Waals surface area contributed by atoms with Crippen LogP contribution in [0.2, 0.25) is 0 Å². The molecule has 1 atom stereocenters. The highest BCUT2D eigenvalue weighted by atomic mass is 16.6. The van der Waals surface area contributed by atoms with Gasteiger partial charge in [0.25, 0.3) is 5.91 Å². The molecule has 1 aliphatic heterocycles. The van der Waals surface area contributed by atoms with Gasteiger partial charge in [0.2, 0.25) is 0 Å². The molecule has 6 nitrogen and oxygen atoms in total. The van der Waals surface area contributed by atoms with Crippen LogP contribution < -0.4 is 0 Å². The number of nitrogens with zero attached hydrogens (tertiary/aromatic N) is 3. The second-order valence-corrected chi connectivity index (χ2v) is 8.97. The zero-order valence-electron chi connectivity index (χ0n) is 19.2. The standard InChI is InChI=1S/C27H29N3O3/c1-3-23-22-14-13-19(16-24(22)30(28-23)21-11-7-8-12-21)15-18(2)26(31)29-25(17-33-27(29)32)20-9-5-4-6-10-20/h4-6,9-10,13-16,21,25H,3,7-8,11-12,17H2,1-2H3/b18-15+. The first kappa shape index (κ1) is 21.4. The molecule has 170 valence electrons. The van der Waals surface area contributed by atoms with Crippen LogP contribution in [0, 0.1) is 0 Å². The fraction of sp³-hybridized carbons (Fsp3) is 0.370. The van der Waals surface area contributed by atoms with Crippen molar-refractivity contribution in [2.24, 2.45) is 0 Å². The zero-order valence-corrected chi connectivity index (χ0v) is 19.2. The predicted octanol–water partition coefficient (Wildman–Crippen LogP) is 5.84. The van der Waals surface area contributed by atoms with Crippen molar-refractivity contribution in [2.45, 2.75) is 58.0 Å². The maximum absolute atomic E-state index is 13.3. The maximum Gasteiger partial charge on any atom is 0.417 e. The van der Waals surface area contributed by atoms with Crippen molar-refractivity contribution >= 4 is 29.0 Å². The van der Waals surface area contributed by atoms with E-state index >= 15 is 0 Å². The lowest BCUT2D eigenvalue weighted by Crippen LogP contribution is -2.34. The summed E-state index contributed by atoms with van der Waals surface area (Å²) in [5.41, 5.74) is 4.55. The summed E-state index contributed by atoms with van der Waals surface area (Å²) in [5, 5.41) is 6.10. The monoisotopic (exact) mass is 443 g/mol. The van der Waals surface area contributed by atoms with Gasteiger partial charge in [0, 0.05) is 11.0 Å². The minimum Gasteiger partial charge on any atom is -0.446 e. The number of carbonyl (C=O) groups excluding carboxylic acids is 2. The van der Waals surface area contributed by atoms with Crippen molar-refractivity contribution in [3.63, 3.8) is 0 Å². The van der Waals surface area contributed by atoms with E-state index in [2.05, 4.69) is 23.7 Å². The van der Waals surface area contributed by atoms with Crippen LogP contribution in [0.5, 0.6) is 0 Å². The van der Waals surface area contributed by atoms with E-state index < -0.39 is 12.1 Å². The molecule has 2 aliphatic rings. The number of fused-ring (bicyclic) bond motifs is 1. The Morgan fingerprint density at radius 1 is 1.15 bits per heavy atom. The molecule has 2 heterocycles. The Morgan fingerprint density at radius 2 is 1.91 bits per heavy atom. The van der Waals surface area contributed by atoms with E-state index in [1.54, 1.807) is 6.92 Å². The van der Waals surface area contributed by atoms with Crippen molar-refractivity contribution < 1.29 is 14.3 Å². The lowest BCUT2D eigenvalue weighted by atomic mass is 10.0. The second-order valence-electron chi connectivity index (χ2n) is 8.97. The topological polar surface area (TPSA) is 64.4 Å². The van der Waals surface area contributed by atoms with E-state index in [0.717, 1.165) is 41.6 Å². The summed E-state index contributed by atoms with van der Waals surface area (Å²) in [7, 11) is 0. The number of hydrogen-bond acceptors (Lipinski definition) is 4. The van der Waals surface area contributed by atoms with Gasteiger partial charge in [-0.25, -0.2) is 9.69 Å². The van der Waals surface area contributed by atoms with Gasteiger partial charge in [-0.05, 0) is 49.5 Å². The van der Waals surface area contributed by atoms with Gasteiger partial charge in [0.05, 0.1) is 17.3 Å². The van der Waals surface area contributed by atoms with E-state index in [1.165, 1.54) is 23.1 Å². The van der Waals surface area contributed by atoms with Crippen LogP contribution in [-0.4, -0.2) is 33.3 Å². The highest BCUT2D eigenvalue weighted by Crippen LogP contribution is 2.34. The molecule has 0 bridgehead atoms. The Labute approximate surface area is 193 Å². The summed E-state index contributed by atoms with van der Waals surface area (Å²) >= 11 is 0. The molecule has 6 heteroatoms. The molecule has 2 aromatic carbocycles. The Hall–Kier alpha value is -3.41. The molecule has 1 saturated carbocycles. The summed E-state index contributed by atoms with van der Waals surface area (Å²) < 4.78 is 7.42. The molecule has 0 spiro atoms. The smallest absolute Gasteiger partial charge is 0.417 e. The fourth-order valence-corrected chi connectivity index (χ4v) is 5.07. The van der Waals surface area contributed by atoms with Crippen molar-refractivity contribution in [3.8, 4) is 0 Å². The molecule has 3 aromatic rings. The van der Waals surface area contributed by atoms with Crippen LogP contribution in [0.25, 0.3) is 17.0 Å². The van der Waals surface area contributed by atoms with Crippen LogP contribution >= 0.6 is 0 Å². The van der Waals surface area contributed by atoms with Gasteiger partial charge in [0.15, 0.2) is 0 Å². The van der Waals surface area contributed by atoms with E-state index in [1.807, 2.05) is 42.5 Å². The third-order valence-corrected chi connectivity index (χ3v) is 6.81. The number of hydrogen-bond donors (Lipinski definition) is 0. The van der Waals surface area contributed by atoms with E-state index in [9.17, 15) is 9.59 Å². The number of cyclic esters (lactones) is 1. The number of aromatic nitrogens is 2. The highest BCUT2D eigenvalue weighted by molar-refractivity contribution is 6.06. The normalized spacial score (nSPS) is 19.5. The SMILES string of the molecule is CCc1nn(C2CCCC2)c2cc(/C=C(\C)C(=O)N3C(=O)OCC3c3ccccc3)ccc12. The largest absolute Gasteiger partial charge is 0.446 e. The molecule has 2 amide bonds. The Kier molecular flexibility index (Phi) is 5.75. The summed E-state index contributed by atoms with van der Waals surface area (Å²) in [4.78, 5) is 26.9. The first-order valence-corrected chi connectivity index (χ1v) is 11.8. The third kappa shape index (κ3) is 3.94. The number of imide groups is 1. The number of amides is 2. The minimum atomic E-state index is -0.594. The number of rotatable bonds is 5. The molecule has 1 saturated heterocycles. The lowest BCUT2D eigenvalue weighted by molar-refractivity contribution is -0.125. The molecular weight excluding hydrogens is 414 g/mol. The minimum absolute atomic E-state index is 0.175. The zero-order chi connectivity index (χ0) is 22.9. The van der Waals surface area contributed by atoms with Crippen LogP contribution in [-0.2, 0) is 16.0 Å². The Balaban J connectivity index is 1.46. The van der Waals surface area contributed by atoms with Gasteiger partial charge < -0.3 is 4.74 Å². The van der Waals surface area contributed by atoms with E-state index in [4.69, 9.17) is 9.84 Å². The predicted molar refractivity (Wildman–Crippen MR) is 128 cm³/mol. The summed E-state index contributed by atoms with van der Waals surface area (Å²) in [6.07, 6.45) is 6.97. The van der Waals surface area contributed by atoms with Crippen LogP contribution in [0.3, 0.4) is 0 Å². The average Bonchev–Trinajstić information content (AvgIpc) is 3.57. The third-order valence-electron chi connectivity index (χ3n) is 6.81. The maximum atomic E-state index is 13.3. The Bertz CT molecular complexity index is 1220. The number of ether oxygens (including phenoxy) is 1. The highest BCUT2D eigenvalue weighted by Gasteiger charge is 2.39. The number of carbonyl (C=O) groups is 2. The fourth-order valence-electron chi connectivity index (χ4n) is 5.07. The summed E-state index contributed by atoms with van der Waals surface area (Å²) in [6, 6.07) is 15.8. The molecule has 0 radical (unpaired) electrons.